The van der Waals surface area contributed by atoms with Gasteiger partial charge in [0, 0.05) is 111 Å². The van der Waals surface area contributed by atoms with Crippen molar-refractivity contribution < 1.29 is 118 Å². The van der Waals surface area contributed by atoms with Gasteiger partial charge in [-0.15, -0.1) is 0 Å². The minimum Gasteiger partial charge on any atom is -0.653 e. The van der Waals surface area contributed by atoms with Crippen molar-refractivity contribution in [2.75, 3.05) is 6.61 Å². The number of hydrogen-bond donors (Lipinski definition) is 1. The Balaban J connectivity index is -0.0000000267. The Morgan fingerprint density at radius 3 is 1.62 bits per heavy atom. The van der Waals surface area contributed by atoms with Gasteiger partial charge in [0.2, 0.25) is 0 Å². The topological polar surface area (TPSA) is 63.6 Å². The third-order valence-electron chi connectivity index (χ3n) is 0.506. The van der Waals surface area contributed by atoms with Crippen LogP contribution in [-0.2, 0) is 112 Å². The fourth-order valence-electron chi connectivity index (χ4n) is 0.0589. The Morgan fingerprint density at radius 2 is 1.62 bits per heavy atom. The second-order valence-corrected chi connectivity index (χ2v) is 1.26. The van der Waals surface area contributed by atoms with Crippen LogP contribution in [0.5, 0.6) is 0 Å². The van der Waals surface area contributed by atoms with Gasteiger partial charge in [0.15, 0.2) is 0 Å². The Bertz CT molecular complexity index is 99.9. The summed E-state index contributed by atoms with van der Waals surface area (Å²) in [5.41, 5.74) is 0. The Morgan fingerprint density at radius 1 is 1.31 bits per heavy atom. The quantitative estimate of drug-likeness (QED) is 0.687. The van der Waals surface area contributed by atoms with Crippen LogP contribution in [0.1, 0.15) is 20.3 Å². The van der Waals surface area contributed by atoms with Crippen LogP contribution in [0.4, 0.5) is 0 Å². The van der Waals surface area contributed by atoms with Crippen LogP contribution in [0.15, 0.2) is 0 Å². The van der Waals surface area contributed by atoms with Crippen LogP contribution in [0.3, 0.4) is 0 Å². The molecule has 0 bridgehead atoms. The molecule has 0 spiro atoms. The van der Waals surface area contributed by atoms with Gasteiger partial charge in [0.05, 0.1) is 0 Å². The Labute approximate surface area is 154 Å². The second kappa shape index (κ2) is 29.2. The summed E-state index contributed by atoms with van der Waals surface area (Å²) in [7, 11) is 0. The van der Waals surface area contributed by atoms with Gasteiger partial charge in [-0.3, -0.25) is 4.79 Å². The van der Waals surface area contributed by atoms with E-state index in [0.29, 0.717) is 6.61 Å². The summed E-state index contributed by atoms with van der Waals surface area (Å²) in [5.74, 6) is -0.745. The normalized spacial score (nSPS) is 5.38. The van der Waals surface area contributed by atoms with Crippen molar-refractivity contribution in [2.45, 2.75) is 20.3 Å². The summed E-state index contributed by atoms with van der Waals surface area (Å²) in [4.78, 5) is 18.4. The molecule has 0 fully saturated rings. The molecule has 69 valence electrons. The summed E-state index contributed by atoms with van der Waals surface area (Å²) < 4.78 is 4.03. The van der Waals surface area contributed by atoms with Gasteiger partial charge in [-0.2, -0.15) is 0 Å². The third kappa shape index (κ3) is 54.7. The minimum atomic E-state index is -0.745. The molecule has 7 heteroatoms. The number of ether oxygens (including phenoxy) is 1. The van der Waals surface area contributed by atoms with Crippen LogP contribution in [-0.4, -0.2) is 24.2 Å². The molecule has 0 heterocycles. The molecule has 0 rings (SSSR count). The van der Waals surface area contributed by atoms with Crippen LogP contribution in [0.2, 0.25) is 0 Å². The van der Waals surface area contributed by atoms with Gasteiger partial charge in [0.1, 0.15) is 0 Å². The van der Waals surface area contributed by atoms with E-state index in [1.54, 1.807) is 13.8 Å². The monoisotopic (exact) mass is 414 g/mol. The van der Waals surface area contributed by atoms with Gasteiger partial charge in [-0.05, 0) is 6.92 Å². The average Bonchev–Trinajstić information content (AvgIpc) is 1.91. The Hall–Kier alpha value is 2.25. The zero-order valence-electron chi connectivity index (χ0n) is 7.82. The maximum absolute atomic E-state index is 9.37. The maximum Gasteiger partial charge on any atom is 0.303 e. The number of carboxylic acids is 1. The van der Waals surface area contributed by atoms with Crippen molar-refractivity contribution in [1.82, 2.24) is 0 Å². The molecular formula is C6H11O4Y3-. The van der Waals surface area contributed by atoms with Crippen molar-refractivity contribution in [3.63, 3.8) is 0 Å². The second-order valence-electron chi connectivity index (χ2n) is 1.26. The number of carbonyl (C=O) groups excluding carboxylic acids is 1. The predicted molar refractivity (Wildman–Crippen MR) is 35.2 cm³/mol. The molecule has 0 saturated carbocycles. The first kappa shape index (κ1) is 29.5. The van der Waals surface area contributed by atoms with E-state index in [0.717, 1.165) is 0 Å². The number of rotatable bonds is 3. The predicted octanol–water partition coefficient (Wildman–Crippen LogP) is 0.564. The van der Waals surface area contributed by atoms with E-state index in [1.807, 2.05) is 0 Å². The molecule has 0 saturated heterocycles. The summed E-state index contributed by atoms with van der Waals surface area (Å²) in [6.07, 6.45) is 0.222. The van der Waals surface area contributed by atoms with E-state index >= 15 is 0 Å². The summed E-state index contributed by atoms with van der Waals surface area (Å²) >= 11 is 0. The number of aliphatic carboxylic acids is 1. The molecule has 0 aromatic rings. The molecular weight excluding hydrogens is 403 g/mol. The van der Waals surface area contributed by atoms with Gasteiger partial charge in [-0.25, -0.2) is 0 Å². The maximum atomic E-state index is 9.37. The summed E-state index contributed by atoms with van der Waals surface area (Å²) in [5, 5.41) is 7.72. The van der Waals surface area contributed by atoms with Crippen LogP contribution < -0.4 is 0 Å². The van der Waals surface area contributed by atoms with E-state index in [-0.39, 0.29) is 105 Å². The first-order chi connectivity index (χ1) is 4.68. The molecule has 0 amide bonds. The van der Waals surface area contributed by atoms with Crippen molar-refractivity contribution in [3.05, 3.63) is 0 Å². The largest absolute Gasteiger partial charge is 0.653 e. The smallest absolute Gasteiger partial charge is 0.303 e. The van der Waals surface area contributed by atoms with Crippen LogP contribution >= 0.6 is 0 Å². The number of hydrogen-bond acceptors (Lipinski definition) is 3. The van der Waals surface area contributed by atoms with E-state index in [2.05, 4.69) is 4.74 Å². The molecule has 0 aliphatic carbocycles. The van der Waals surface area contributed by atoms with Gasteiger partial charge >= 0.3 is 5.97 Å². The van der Waals surface area contributed by atoms with Crippen LogP contribution in [0, 0.1) is 0 Å². The first-order valence-electron chi connectivity index (χ1n) is 2.89. The molecule has 0 aromatic carbocycles. The van der Waals surface area contributed by atoms with Crippen LogP contribution in [0.25, 0.3) is 0 Å². The third-order valence-corrected chi connectivity index (χ3v) is 0.506. The molecule has 1 N–H and O–H groups in total. The fraction of sp³-hybridized carbons (Fsp3) is 0.667. The van der Waals surface area contributed by atoms with Crippen molar-refractivity contribution in [3.8, 4) is 0 Å². The van der Waals surface area contributed by atoms with Crippen molar-refractivity contribution in [2.24, 2.45) is 0 Å². The standard InChI is InChI=1S/C3H5O2.C3H6O2.3Y/c1-2-5-3-4;1-2-3(4)5;;;/h2H2,1H3;2H2,1H3,(H,4,5);;;/q-1;;;;. The van der Waals surface area contributed by atoms with E-state index in [4.69, 9.17) is 9.90 Å². The molecule has 3 radical (unpaired) electrons. The molecule has 13 heavy (non-hydrogen) atoms. The first-order valence-corrected chi connectivity index (χ1v) is 2.89. The van der Waals surface area contributed by atoms with E-state index < -0.39 is 5.97 Å². The van der Waals surface area contributed by atoms with Gasteiger partial charge in [0.25, 0.3) is 0 Å². The number of carbonyl (C=O) groups is 1. The number of carboxylic acid groups (broad SMARTS) is 1. The average molecular weight is 414 g/mol. The fourth-order valence-corrected chi connectivity index (χ4v) is 0.0589. The zero-order valence-corrected chi connectivity index (χ0v) is 16.3. The molecule has 0 unspecified atom stereocenters. The van der Waals surface area contributed by atoms with Crippen molar-refractivity contribution >= 4 is 12.4 Å². The molecule has 0 aliphatic rings. The molecule has 0 aliphatic heterocycles. The van der Waals surface area contributed by atoms with Crippen molar-refractivity contribution in [1.29, 1.82) is 0 Å². The summed E-state index contributed by atoms with van der Waals surface area (Å²) in [6.45, 7) is 5.01. The summed E-state index contributed by atoms with van der Waals surface area (Å²) in [6, 6.07) is 0. The SMILES string of the molecule is CCC(=O)O.CCO[C-]=O.[Y].[Y].[Y]. The zero-order chi connectivity index (χ0) is 8.41. The van der Waals surface area contributed by atoms with Gasteiger partial charge < -0.3 is 14.6 Å². The van der Waals surface area contributed by atoms with E-state index in [9.17, 15) is 4.79 Å². The molecule has 4 nitrogen and oxygen atoms in total. The van der Waals surface area contributed by atoms with E-state index in [1.165, 1.54) is 6.47 Å². The van der Waals surface area contributed by atoms with Gasteiger partial charge in [-0.1, -0.05) is 13.4 Å². The molecule has 0 atom stereocenters. The Kier molecular flexibility index (Phi) is 66.3. The molecule has 0 aromatic heterocycles. The minimum absolute atomic E-state index is 0.